The van der Waals surface area contributed by atoms with Crippen molar-refractivity contribution in [2.45, 2.75) is 31.7 Å². The van der Waals surface area contributed by atoms with Crippen LogP contribution in [-0.2, 0) is 0 Å². The van der Waals surface area contributed by atoms with E-state index in [-0.39, 0.29) is 5.91 Å². The summed E-state index contributed by atoms with van der Waals surface area (Å²) in [5.74, 6) is 1.56. The fraction of sp³-hybridized carbons (Fsp3) is 0.476. The second kappa shape index (κ2) is 8.46. The maximum absolute atomic E-state index is 12.8. The van der Waals surface area contributed by atoms with Crippen LogP contribution in [-0.4, -0.2) is 60.1 Å². The average molecular weight is 381 g/mol. The molecule has 1 aromatic heterocycles. The van der Waals surface area contributed by atoms with Crippen LogP contribution in [0.1, 0.15) is 36.2 Å². The van der Waals surface area contributed by atoms with Gasteiger partial charge in [0.05, 0.1) is 19.5 Å². The van der Waals surface area contributed by atoms with E-state index in [0.717, 1.165) is 30.3 Å². The van der Waals surface area contributed by atoms with Crippen molar-refractivity contribution in [3.63, 3.8) is 0 Å². The molecule has 7 nitrogen and oxygen atoms in total. The first kappa shape index (κ1) is 18.5. The second-order valence-corrected chi connectivity index (χ2v) is 7.39. The number of nitrogens with one attached hydrogen (secondary N) is 1. The van der Waals surface area contributed by atoms with Crippen LogP contribution in [0.3, 0.4) is 0 Å². The molecule has 0 atom stereocenters. The van der Waals surface area contributed by atoms with E-state index in [4.69, 9.17) is 4.74 Å². The highest BCUT2D eigenvalue weighted by Crippen LogP contribution is 2.22. The molecule has 1 aliphatic heterocycles. The molecule has 2 aromatic rings. The molecule has 1 N–H and O–H groups in total. The zero-order chi connectivity index (χ0) is 19.3. The van der Waals surface area contributed by atoms with Gasteiger partial charge in [-0.2, -0.15) is 0 Å². The van der Waals surface area contributed by atoms with Crippen molar-refractivity contribution in [1.29, 1.82) is 0 Å². The Balaban J connectivity index is 1.31. The number of piperazine rings is 1. The molecular formula is C21H27N5O2. The van der Waals surface area contributed by atoms with Crippen LogP contribution in [0, 0.1) is 0 Å². The van der Waals surface area contributed by atoms with Crippen LogP contribution < -0.4 is 15.0 Å². The van der Waals surface area contributed by atoms with Gasteiger partial charge in [-0.3, -0.25) is 4.79 Å². The van der Waals surface area contributed by atoms with Crippen LogP contribution in [0.25, 0.3) is 0 Å². The van der Waals surface area contributed by atoms with Crippen LogP contribution in [0.4, 0.5) is 11.5 Å². The quantitative estimate of drug-likeness (QED) is 0.859. The summed E-state index contributed by atoms with van der Waals surface area (Å²) in [7, 11) is 1.67. The lowest BCUT2D eigenvalue weighted by molar-refractivity contribution is 0.0740. The number of ether oxygens (including phenoxy) is 1. The lowest BCUT2D eigenvalue weighted by atomic mass is 10.2. The fourth-order valence-corrected chi connectivity index (χ4v) is 3.92. The van der Waals surface area contributed by atoms with E-state index in [0.29, 0.717) is 24.8 Å². The summed E-state index contributed by atoms with van der Waals surface area (Å²) in [4.78, 5) is 25.6. The average Bonchev–Trinajstić information content (AvgIpc) is 3.27. The van der Waals surface area contributed by atoms with Gasteiger partial charge in [0.2, 0.25) is 0 Å². The molecule has 1 saturated heterocycles. The van der Waals surface area contributed by atoms with Gasteiger partial charge in [-0.15, -0.1) is 0 Å². The van der Waals surface area contributed by atoms with E-state index >= 15 is 0 Å². The molecule has 148 valence electrons. The molecule has 1 amide bonds. The number of carbonyl (C=O) groups excluding carboxylic acids is 1. The number of hydrogen-bond acceptors (Lipinski definition) is 6. The molecule has 1 saturated carbocycles. The molecule has 1 aromatic carbocycles. The third-order valence-corrected chi connectivity index (χ3v) is 5.58. The molecule has 0 unspecified atom stereocenters. The summed E-state index contributed by atoms with van der Waals surface area (Å²) in [6.45, 7) is 2.95. The topological polar surface area (TPSA) is 70.6 Å². The van der Waals surface area contributed by atoms with Crippen LogP contribution in [0.15, 0.2) is 36.7 Å². The summed E-state index contributed by atoms with van der Waals surface area (Å²) in [5.41, 5.74) is 1.56. The van der Waals surface area contributed by atoms with Gasteiger partial charge in [0.25, 0.3) is 5.91 Å². The molecule has 2 aliphatic rings. The third-order valence-electron chi connectivity index (χ3n) is 5.58. The van der Waals surface area contributed by atoms with E-state index in [1.54, 1.807) is 19.5 Å². The summed E-state index contributed by atoms with van der Waals surface area (Å²) in [5, 5.41) is 3.40. The molecule has 1 aliphatic carbocycles. The molecule has 4 rings (SSSR count). The van der Waals surface area contributed by atoms with E-state index in [9.17, 15) is 4.79 Å². The van der Waals surface area contributed by atoms with Gasteiger partial charge in [0, 0.05) is 37.9 Å². The molecular weight excluding hydrogens is 354 g/mol. The Bertz CT molecular complexity index is 779. The Morgan fingerprint density at radius 2 is 1.75 bits per heavy atom. The van der Waals surface area contributed by atoms with Crippen molar-refractivity contribution in [3.05, 3.63) is 42.4 Å². The summed E-state index contributed by atoms with van der Waals surface area (Å²) < 4.78 is 5.21. The van der Waals surface area contributed by atoms with Gasteiger partial charge < -0.3 is 19.9 Å². The second-order valence-electron chi connectivity index (χ2n) is 7.39. The number of methoxy groups -OCH3 is 1. The first-order chi connectivity index (χ1) is 13.7. The first-order valence-corrected chi connectivity index (χ1v) is 10.00. The fourth-order valence-electron chi connectivity index (χ4n) is 3.92. The maximum Gasteiger partial charge on any atom is 0.274 e. The smallest absolute Gasteiger partial charge is 0.274 e. The predicted octanol–water partition coefficient (Wildman–Crippen LogP) is 2.80. The highest BCUT2D eigenvalue weighted by Gasteiger charge is 2.23. The minimum atomic E-state index is -0.0469. The minimum Gasteiger partial charge on any atom is -0.497 e. The zero-order valence-corrected chi connectivity index (χ0v) is 16.3. The van der Waals surface area contributed by atoms with Crippen LogP contribution in [0.2, 0.25) is 0 Å². The van der Waals surface area contributed by atoms with E-state index in [1.807, 2.05) is 17.0 Å². The molecule has 28 heavy (non-hydrogen) atoms. The Morgan fingerprint density at radius 3 is 2.36 bits per heavy atom. The number of rotatable bonds is 5. The molecule has 0 spiro atoms. The van der Waals surface area contributed by atoms with Crippen molar-refractivity contribution >= 4 is 17.4 Å². The van der Waals surface area contributed by atoms with Crippen molar-refractivity contribution in [3.8, 4) is 5.75 Å². The lowest BCUT2D eigenvalue weighted by Gasteiger charge is -2.36. The lowest BCUT2D eigenvalue weighted by Crippen LogP contribution is -2.49. The van der Waals surface area contributed by atoms with Crippen LogP contribution >= 0.6 is 0 Å². The number of nitrogens with zero attached hydrogens (tertiary/aromatic N) is 4. The Hall–Kier alpha value is -2.83. The monoisotopic (exact) mass is 381 g/mol. The maximum atomic E-state index is 12.8. The number of amides is 1. The summed E-state index contributed by atoms with van der Waals surface area (Å²) >= 11 is 0. The van der Waals surface area contributed by atoms with Crippen molar-refractivity contribution < 1.29 is 9.53 Å². The first-order valence-electron chi connectivity index (χ1n) is 10.00. The Kier molecular flexibility index (Phi) is 5.60. The Morgan fingerprint density at radius 1 is 1.04 bits per heavy atom. The highest BCUT2D eigenvalue weighted by molar-refractivity contribution is 5.92. The van der Waals surface area contributed by atoms with E-state index in [2.05, 4.69) is 32.3 Å². The normalized spacial score (nSPS) is 17.6. The van der Waals surface area contributed by atoms with E-state index < -0.39 is 0 Å². The molecule has 2 heterocycles. The Labute approximate surface area is 165 Å². The minimum absolute atomic E-state index is 0.0469. The van der Waals surface area contributed by atoms with E-state index in [1.165, 1.54) is 25.7 Å². The number of anilines is 2. The number of hydrogen-bond donors (Lipinski definition) is 1. The van der Waals surface area contributed by atoms with Gasteiger partial charge in [-0.05, 0) is 37.1 Å². The predicted molar refractivity (Wildman–Crippen MR) is 109 cm³/mol. The molecule has 0 radical (unpaired) electrons. The number of aromatic nitrogens is 2. The van der Waals surface area contributed by atoms with Gasteiger partial charge in [0.1, 0.15) is 17.3 Å². The SMILES string of the molecule is COc1ccc(N2CCN(C(=O)c3cnc(NC4CCCC4)cn3)CC2)cc1. The van der Waals surface area contributed by atoms with Gasteiger partial charge >= 0.3 is 0 Å². The zero-order valence-electron chi connectivity index (χ0n) is 16.3. The summed E-state index contributed by atoms with van der Waals surface area (Å²) in [6, 6.07) is 8.52. The number of benzene rings is 1. The standard InChI is InChI=1S/C21H27N5O2/c1-28-18-8-6-17(7-9-18)25-10-12-26(13-11-25)21(27)19-14-23-20(15-22-19)24-16-4-2-3-5-16/h6-9,14-16H,2-5,10-13H2,1H3,(H,23,24). The van der Waals surface area contributed by atoms with Crippen LogP contribution in [0.5, 0.6) is 5.75 Å². The largest absolute Gasteiger partial charge is 0.497 e. The molecule has 0 bridgehead atoms. The van der Waals surface area contributed by atoms with Crippen molar-refractivity contribution in [2.24, 2.45) is 0 Å². The number of carbonyl (C=O) groups is 1. The third kappa shape index (κ3) is 4.18. The van der Waals surface area contributed by atoms with Gasteiger partial charge in [-0.25, -0.2) is 9.97 Å². The molecule has 2 fully saturated rings. The molecule has 7 heteroatoms. The summed E-state index contributed by atoms with van der Waals surface area (Å²) in [6.07, 6.45) is 8.17. The highest BCUT2D eigenvalue weighted by atomic mass is 16.5. The van der Waals surface area contributed by atoms with Gasteiger partial charge in [-0.1, -0.05) is 12.8 Å². The van der Waals surface area contributed by atoms with Crippen molar-refractivity contribution in [2.75, 3.05) is 43.5 Å². The van der Waals surface area contributed by atoms with Gasteiger partial charge in [0.15, 0.2) is 0 Å². The van der Waals surface area contributed by atoms with Crippen molar-refractivity contribution in [1.82, 2.24) is 14.9 Å².